The van der Waals surface area contributed by atoms with Crippen LogP contribution in [-0.4, -0.2) is 49.3 Å². The molecule has 0 spiro atoms. The molecule has 1 fully saturated rings. The number of amides is 1. The number of nitrogens with one attached hydrogen (secondary N) is 2. The Morgan fingerprint density at radius 2 is 2.13 bits per heavy atom. The van der Waals surface area contributed by atoms with Crippen LogP contribution >= 0.6 is 11.8 Å². The molecule has 0 saturated carbocycles. The van der Waals surface area contributed by atoms with E-state index in [0.717, 1.165) is 11.6 Å². The fraction of sp³-hybridized carbons (Fsp3) is 0.500. The lowest BCUT2D eigenvalue weighted by Crippen LogP contribution is -2.42. The van der Waals surface area contributed by atoms with E-state index in [-0.39, 0.29) is 17.6 Å². The molecule has 0 bridgehead atoms. The second kappa shape index (κ2) is 8.02. The van der Waals surface area contributed by atoms with Crippen molar-refractivity contribution in [2.45, 2.75) is 12.5 Å². The lowest BCUT2D eigenvalue weighted by atomic mass is 10.1. The van der Waals surface area contributed by atoms with Crippen molar-refractivity contribution < 1.29 is 19.2 Å². The predicted octanol–water partition coefficient (Wildman–Crippen LogP) is 0.933. The molecule has 1 unspecified atom stereocenters. The van der Waals surface area contributed by atoms with Crippen LogP contribution < -0.4 is 20.1 Å². The third kappa shape index (κ3) is 4.26. The largest absolute Gasteiger partial charge is 0.493 e. The average molecular weight is 341 g/mol. The van der Waals surface area contributed by atoms with Crippen LogP contribution in [0.4, 0.5) is 5.69 Å². The first-order valence-corrected chi connectivity index (χ1v) is 8.20. The molecule has 0 radical (unpaired) electrons. The number of nitrogens with zero attached hydrogens (tertiary/aromatic N) is 1. The number of methoxy groups -OCH3 is 2. The number of carbonyl (C=O) groups excluding carboxylic acids is 1. The Morgan fingerprint density at radius 3 is 2.70 bits per heavy atom. The van der Waals surface area contributed by atoms with E-state index in [4.69, 9.17) is 9.47 Å². The Hall–Kier alpha value is -2.00. The topological polar surface area (TPSA) is 103 Å². The second-order valence-electron chi connectivity index (χ2n) is 4.91. The van der Waals surface area contributed by atoms with Gasteiger partial charge in [-0.3, -0.25) is 20.2 Å². The quantitative estimate of drug-likeness (QED) is 0.562. The van der Waals surface area contributed by atoms with E-state index in [1.807, 2.05) is 0 Å². The molecule has 1 aliphatic rings. The van der Waals surface area contributed by atoms with Crippen LogP contribution in [0, 0.1) is 10.1 Å². The minimum Gasteiger partial charge on any atom is -0.493 e. The highest BCUT2D eigenvalue weighted by atomic mass is 32.2. The average Bonchev–Trinajstić information content (AvgIpc) is 3.08. The smallest absolute Gasteiger partial charge is 0.276 e. The number of hydrogen-bond donors (Lipinski definition) is 2. The van der Waals surface area contributed by atoms with Gasteiger partial charge in [0.2, 0.25) is 5.91 Å². The zero-order chi connectivity index (χ0) is 16.8. The number of hydrogen-bond acceptors (Lipinski definition) is 7. The number of rotatable bonds is 7. The summed E-state index contributed by atoms with van der Waals surface area (Å²) < 4.78 is 10.3. The first-order valence-electron chi connectivity index (χ1n) is 7.05. The van der Waals surface area contributed by atoms with Gasteiger partial charge < -0.3 is 14.8 Å². The van der Waals surface area contributed by atoms with Gasteiger partial charge in [-0.25, -0.2) is 0 Å². The van der Waals surface area contributed by atoms with Crippen molar-refractivity contribution in [2.75, 3.05) is 32.4 Å². The van der Waals surface area contributed by atoms with E-state index < -0.39 is 4.92 Å². The van der Waals surface area contributed by atoms with Crippen molar-refractivity contribution >= 4 is 23.4 Å². The van der Waals surface area contributed by atoms with Gasteiger partial charge in [-0.1, -0.05) is 0 Å². The fourth-order valence-corrected chi connectivity index (χ4v) is 3.23. The maximum absolute atomic E-state index is 11.9. The molecule has 126 valence electrons. The van der Waals surface area contributed by atoms with Gasteiger partial charge in [0, 0.05) is 23.7 Å². The molecule has 1 aliphatic heterocycles. The molecule has 0 aliphatic carbocycles. The molecule has 23 heavy (non-hydrogen) atoms. The van der Waals surface area contributed by atoms with Crippen molar-refractivity contribution in [3.63, 3.8) is 0 Å². The van der Waals surface area contributed by atoms with Crippen molar-refractivity contribution in [1.29, 1.82) is 0 Å². The van der Waals surface area contributed by atoms with Crippen LogP contribution in [-0.2, 0) is 11.2 Å². The van der Waals surface area contributed by atoms with Crippen LogP contribution in [0.2, 0.25) is 0 Å². The standard InChI is InChI=1S/C14H19N3O5S/c1-21-12-5-9(11(17(19)20)6-13(12)22-2)3-4-15-14(18)10-7-23-8-16-10/h5-6,10,16H,3-4,7-8H2,1-2H3,(H,15,18). The van der Waals surface area contributed by atoms with Crippen LogP contribution in [0.15, 0.2) is 12.1 Å². The lowest BCUT2D eigenvalue weighted by molar-refractivity contribution is -0.385. The van der Waals surface area contributed by atoms with Gasteiger partial charge in [0.25, 0.3) is 5.69 Å². The molecule has 1 heterocycles. The van der Waals surface area contributed by atoms with Gasteiger partial charge in [0.1, 0.15) is 0 Å². The first-order chi connectivity index (χ1) is 11.1. The molecule has 1 aromatic rings. The molecular formula is C14H19N3O5S. The maximum Gasteiger partial charge on any atom is 0.276 e. The van der Waals surface area contributed by atoms with Crippen LogP contribution in [0.5, 0.6) is 11.5 Å². The van der Waals surface area contributed by atoms with E-state index in [2.05, 4.69) is 10.6 Å². The van der Waals surface area contributed by atoms with Crippen molar-refractivity contribution in [1.82, 2.24) is 10.6 Å². The highest BCUT2D eigenvalue weighted by Gasteiger charge is 2.23. The van der Waals surface area contributed by atoms with Crippen LogP contribution in [0.25, 0.3) is 0 Å². The van der Waals surface area contributed by atoms with E-state index in [9.17, 15) is 14.9 Å². The van der Waals surface area contributed by atoms with Gasteiger partial charge in [0.15, 0.2) is 11.5 Å². The predicted molar refractivity (Wildman–Crippen MR) is 87.2 cm³/mol. The van der Waals surface area contributed by atoms with Gasteiger partial charge >= 0.3 is 0 Å². The summed E-state index contributed by atoms with van der Waals surface area (Å²) in [5.74, 6) is 2.15. The Labute approximate surface area is 138 Å². The Morgan fingerprint density at radius 1 is 1.43 bits per heavy atom. The molecule has 8 nitrogen and oxygen atoms in total. The molecule has 0 aromatic heterocycles. The Kier molecular flexibility index (Phi) is 6.05. The highest BCUT2D eigenvalue weighted by Crippen LogP contribution is 2.34. The van der Waals surface area contributed by atoms with E-state index in [1.165, 1.54) is 20.3 Å². The molecule has 2 rings (SSSR count). The van der Waals surface area contributed by atoms with Crippen LogP contribution in [0.1, 0.15) is 5.56 Å². The molecule has 1 atom stereocenters. The van der Waals surface area contributed by atoms with E-state index in [1.54, 1.807) is 17.8 Å². The zero-order valence-electron chi connectivity index (χ0n) is 13.0. The van der Waals surface area contributed by atoms with Crippen molar-refractivity contribution in [3.05, 3.63) is 27.8 Å². The van der Waals surface area contributed by atoms with Crippen LogP contribution in [0.3, 0.4) is 0 Å². The number of carbonyl (C=O) groups is 1. The second-order valence-corrected chi connectivity index (χ2v) is 5.94. The van der Waals surface area contributed by atoms with E-state index in [0.29, 0.717) is 30.0 Å². The summed E-state index contributed by atoms with van der Waals surface area (Å²) >= 11 is 1.66. The third-order valence-electron chi connectivity index (χ3n) is 3.51. The van der Waals surface area contributed by atoms with Gasteiger partial charge in [-0.15, -0.1) is 11.8 Å². The number of benzene rings is 1. The molecule has 1 aromatic carbocycles. The molecule has 1 amide bonds. The summed E-state index contributed by atoms with van der Waals surface area (Å²) in [6.45, 7) is 0.317. The minimum atomic E-state index is -0.464. The summed E-state index contributed by atoms with van der Waals surface area (Å²) in [5.41, 5.74) is 0.438. The molecule has 9 heteroatoms. The van der Waals surface area contributed by atoms with Crippen molar-refractivity contribution in [2.24, 2.45) is 0 Å². The van der Waals surface area contributed by atoms with Crippen molar-refractivity contribution in [3.8, 4) is 11.5 Å². The normalized spacial score (nSPS) is 16.9. The number of ether oxygens (including phenoxy) is 2. The summed E-state index contributed by atoms with van der Waals surface area (Å²) in [6, 6.07) is 2.72. The third-order valence-corrected chi connectivity index (χ3v) is 4.45. The van der Waals surface area contributed by atoms with Gasteiger partial charge in [-0.2, -0.15) is 0 Å². The minimum absolute atomic E-state index is 0.0496. The first kappa shape index (κ1) is 17.4. The highest BCUT2D eigenvalue weighted by molar-refractivity contribution is 7.99. The molecule has 2 N–H and O–H groups in total. The molecular weight excluding hydrogens is 322 g/mol. The lowest BCUT2D eigenvalue weighted by Gasteiger charge is -2.12. The monoisotopic (exact) mass is 341 g/mol. The summed E-state index contributed by atoms with van der Waals surface area (Å²) in [6.07, 6.45) is 0.336. The number of thioether (sulfide) groups is 1. The molecule has 1 saturated heterocycles. The summed E-state index contributed by atoms with van der Waals surface area (Å²) in [5, 5.41) is 17.1. The Bertz CT molecular complexity index is 590. The van der Waals surface area contributed by atoms with Gasteiger partial charge in [0.05, 0.1) is 31.3 Å². The Balaban J connectivity index is 2.05. The number of nitro benzene ring substituents is 1. The maximum atomic E-state index is 11.9. The van der Waals surface area contributed by atoms with E-state index >= 15 is 0 Å². The van der Waals surface area contributed by atoms with Gasteiger partial charge in [-0.05, 0) is 12.5 Å². The SMILES string of the molecule is COc1cc(CCNC(=O)C2CSCN2)c([N+](=O)[O-])cc1OC. The number of nitro groups is 1. The summed E-state index contributed by atoms with van der Waals surface area (Å²) in [7, 11) is 2.90. The zero-order valence-corrected chi connectivity index (χ0v) is 13.8. The fourth-order valence-electron chi connectivity index (χ4n) is 2.29. The summed E-state index contributed by atoms with van der Waals surface area (Å²) in [4.78, 5) is 22.7.